The van der Waals surface area contributed by atoms with Crippen LogP contribution in [0.25, 0.3) is 0 Å². The number of rotatable bonds is 6. The van der Waals surface area contributed by atoms with Crippen molar-refractivity contribution in [3.8, 4) is 0 Å². The molecule has 0 spiro atoms. The van der Waals surface area contributed by atoms with E-state index in [0.717, 1.165) is 12.8 Å². The van der Waals surface area contributed by atoms with Crippen LogP contribution in [0.15, 0.2) is 0 Å². The maximum absolute atomic E-state index is 12.0. The summed E-state index contributed by atoms with van der Waals surface area (Å²) in [5.41, 5.74) is 0. The summed E-state index contributed by atoms with van der Waals surface area (Å²) in [6.07, 6.45) is 2.00. The highest BCUT2D eigenvalue weighted by Gasteiger charge is 2.28. The molecule has 0 aromatic carbocycles. The van der Waals surface area contributed by atoms with Crippen molar-refractivity contribution < 1.29 is 19.5 Å². The molecule has 0 bridgehead atoms. The first kappa shape index (κ1) is 17.3. The Hall–Kier alpha value is -1.79. The molecule has 0 aromatic heterocycles. The molecule has 1 rings (SSSR count). The predicted molar refractivity (Wildman–Crippen MR) is 77.8 cm³/mol. The number of amides is 3. The maximum atomic E-state index is 12.0. The lowest BCUT2D eigenvalue weighted by atomic mass is 9.85. The van der Waals surface area contributed by atoms with Gasteiger partial charge in [0.15, 0.2) is 0 Å². The van der Waals surface area contributed by atoms with Gasteiger partial charge in [-0.05, 0) is 24.7 Å². The van der Waals surface area contributed by atoms with Crippen LogP contribution in [0.1, 0.15) is 33.1 Å². The summed E-state index contributed by atoms with van der Waals surface area (Å²) in [4.78, 5) is 35.2. The van der Waals surface area contributed by atoms with Gasteiger partial charge in [0, 0.05) is 39.5 Å². The first-order valence-corrected chi connectivity index (χ1v) is 7.39. The van der Waals surface area contributed by atoms with Crippen molar-refractivity contribution in [3.63, 3.8) is 0 Å². The maximum Gasteiger partial charge on any atom is 0.317 e. The number of carboxylic acids is 1. The number of carbonyl (C=O) groups is 3. The standard InChI is InChI=1S/C14H25N3O4/c1-10(8-13(19)20)12-4-3-7-17(9-12)14(21)16-6-5-15-11(2)18/h10,12H,3-9H2,1-2H3,(H,15,18)(H,16,21)(H,19,20). The third kappa shape index (κ3) is 6.46. The first-order chi connectivity index (χ1) is 9.90. The smallest absolute Gasteiger partial charge is 0.317 e. The van der Waals surface area contributed by atoms with E-state index in [1.165, 1.54) is 6.92 Å². The molecular formula is C14H25N3O4. The van der Waals surface area contributed by atoms with Crippen LogP contribution in [-0.4, -0.2) is 54.1 Å². The number of hydrogen-bond acceptors (Lipinski definition) is 3. The third-order valence-electron chi connectivity index (χ3n) is 3.82. The average molecular weight is 299 g/mol. The lowest BCUT2D eigenvalue weighted by molar-refractivity contribution is -0.138. The normalized spacial score (nSPS) is 19.7. The summed E-state index contributed by atoms with van der Waals surface area (Å²) in [6, 6.07) is -0.146. The molecule has 3 N–H and O–H groups in total. The molecule has 3 amide bonds. The van der Waals surface area contributed by atoms with Crippen LogP contribution < -0.4 is 10.6 Å². The van der Waals surface area contributed by atoms with Crippen LogP contribution in [0, 0.1) is 11.8 Å². The number of nitrogens with zero attached hydrogens (tertiary/aromatic N) is 1. The minimum Gasteiger partial charge on any atom is -0.481 e. The average Bonchev–Trinajstić information content (AvgIpc) is 2.42. The molecule has 1 saturated heterocycles. The topological polar surface area (TPSA) is 98.7 Å². The van der Waals surface area contributed by atoms with Crippen molar-refractivity contribution in [1.29, 1.82) is 0 Å². The fourth-order valence-electron chi connectivity index (χ4n) is 2.62. The summed E-state index contributed by atoms with van der Waals surface area (Å²) in [5, 5.41) is 14.2. The van der Waals surface area contributed by atoms with Crippen molar-refractivity contribution in [2.75, 3.05) is 26.2 Å². The van der Waals surface area contributed by atoms with Crippen LogP contribution in [0.5, 0.6) is 0 Å². The Bertz CT molecular complexity index is 386. The van der Waals surface area contributed by atoms with E-state index in [9.17, 15) is 14.4 Å². The summed E-state index contributed by atoms with van der Waals surface area (Å²) in [5.74, 6) is -0.613. The third-order valence-corrected chi connectivity index (χ3v) is 3.82. The number of carbonyl (C=O) groups excluding carboxylic acids is 2. The lowest BCUT2D eigenvalue weighted by Crippen LogP contribution is -2.48. The van der Waals surface area contributed by atoms with Gasteiger partial charge in [-0.1, -0.05) is 6.92 Å². The largest absolute Gasteiger partial charge is 0.481 e. The molecule has 0 aliphatic carbocycles. The molecule has 1 heterocycles. The zero-order chi connectivity index (χ0) is 15.8. The molecule has 1 fully saturated rings. The Morgan fingerprint density at radius 1 is 1.29 bits per heavy atom. The van der Waals surface area contributed by atoms with Gasteiger partial charge in [0.2, 0.25) is 5.91 Å². The number of aliphatic carboxylic acids is 1. The number of urea groups is 1. The molecule has 21 heavy (non-hydrogen) atoms. The highest BCUT2D eigenvalue weighted by atomic mass is 16.4. The summed E-state index contributed by atoms with van der Waals surface area (Å²) in [6.45, 7) is 5.46. The van der Waals surface area contributed by atoms with Crippen LogP contribution in [0.2, 0.25) is 0 Å². The van der Waals surface area contributed by atoms with Crippen molar-refractivity contribution in [2.45, 2.75) is 33.1 Å². The van der Waals surface area contributed by atoms with Gasteiger partial charge in [0.25, 0.3) is 0 Å². The second-order valence-corrected chi connectivity index (χ2v) is 5.64. The van der Waals surface area contributed by atoms with Gasteiger partial charge < -0.3 is 20.6 Å². The van der Waals surface area contributed by atoms with Crippen LogP contribution in [0.3, 0.4) is 0 Å². The quantitative estimate of drug-likeness (QED) is 0.627. The molecule has 7 heteroatoms. The number of hydrogen-bond donors (Lipinski definition) is 3. The first-order valence-electron chi connectivity index (χ1n) is 7.39. The van der Waals surface area contributed by atoms with Crippen molar-refractivity contribution >= 4 is 17.9 Å². The molecule has 120 valence electrons. The van der Waals surface area contributed by atoms with Gasteiger partial charge in [-0.2, -0.15) is 0 Å². The molecule has 1 aliphatic heterocycles. The van der Waals surface area contributed by atoms with Gasteiger partial charge in [-0.25, -0.2) is 4.79 Å². The van der Waals surface area contributed by atoms with E-state index in [1.54, 1.807) is 4.90 Å². The van der Waals surface area contributed by atoms with E-state index in [2.05, 4.69) is 10.6 Å². The number of carboxylic acid groups (broad SMARTS) is 1. The Labute approximate surface area is 125 Å². The van der Waals surface area contributed by atoms with Gasteiger partial charge in [-0.3, -0.25) is 9.59 Å². The molecule has 2 atom stereocenters. The van der Waals surface area contributed by atoms with E-state index < -0.39 is 5.97 Å². The number of piperidine rings is 1. The minimum atomic E-state index is -0.792. The Kier molecular flexibility index (Phi) is 6.98. The molecule has 1 aliphatic rings. The van der Waals surface area contributed by atoms with Crippen LogP contribution in [0.4, 0.5) is 4.79 Å². The fraction of sp³-hybridized carbons (Fsp3) is 0.786. The van der Waals surface area contributed by atoms with Gasteiger partial charge in [0.05, 0.1) is 0 Å². The van der Waals surface area contributed by atoms with Crippen LogP contribution >= 0.6 is 0 Å². The number of nitrogens with one attached hydrogen (secondary N) is 2. The second kappa shape index (κ2) is 8.49. The van der Waals surface area contributed by atoms with Crippen LogP contribution in [-0.2, 0) is 9.59 Å². The zero-order valence-corrected chi connectivity index (χ0v) is 12.7. The molecule has 2 unspecified atom stereocenters. The zero-order valence-electron chi connectivity index (χ0n) is 12.7. The van der Waals surface area contributed by atoms with E-state index in [1.807, 2.05) is 6.92 Å². The Morgan fingerprint density at radius 2 is 1.95 bits per heavy atom. The van der Waals surface area contributed by atoms with Gasteiger partial charge in [-0.15, -0.1) is 0 Å². The van der Waals surface area contributed by atoms with E-state index in [0.29, 0.717) is 26.2 Å². The summed E-state index contributed by atoms with van der Waals surface area (Å²) < 4.78 is 0. The Morgan fingerprint density at radius 3 is 2.57 bits per heavy atom. The second-order valence-electron chi connectivity index (χ2n) is 5.64. The molecule has 7 nitrogen and oxygen atoms in total. The van der Waals surface area contributed by atoms with Gasteiger partial charge >= 0.3 is 12.0 Å². The summed E-state index contributed by atoms with van der Waals surface area (Å²) >= 11 is 0. The SMILES string of the molecule is CC(=O)NCCNC(=O)N1CCCC(C(C)CC(=O)O)C1. The predicted octanol–water partition coefficient (Wildman–Crippen LogP) is 0.655. The molecular weight excluding hydrogens is 274 g/mol. The molecule has 0 aromatic rings. The monoisotopic (exact) mass is 299 g/mol. The van der Waals surface area contributed by atoms with Crippen molar-refractivity contribution in [1.82, 2.24) is 15.5 Å². The van der Waals surface area contributed by atoms with Crippen molar-refractivity contribution in [2.24, 2.45) is 11.8 Å². The number of likely N-dealkylation sites (tertiary alicyclic amines) is 1. The lowest BCUT2D eigenvalue weighted by Gasteiger charge is -2.35. The van der Waals surface area contributed by atoms with E-state index >= 15 is 0 Å². The molecule has 0 saturated carbocycles. The summed E-state index contributed by atoms with van der Waals surface area (Å²) in [7, 11) is 0. The Balaban J connectivity index is 2.35. The highest BCUT2D eigenvalue weighted by Crippen LogP contribution is 2.26. The highest BCUT2D eigenvalue weighted by molar-refractivity contribution is 5.75. The minimum absolute atomic E-state index is 0.0671. The van der Waals surface area contributed by atoms with Crippen molar-refractivity contribution in [3.05, 3.63) is 0 Å². The molecule has 0 radical (unpaired) electrons. The van der Waals surface area contributed by atoms with Gasteiger partial charge in [0.1, 0.15) is 0 Å². The fourth-order valence-corrected chi connectivity index (χ4v) is 2.62. The van der Waals surface area contributed by atoms with E-state index in [4.69, 9.17) is 5.11 Å². The van der Waals surface area contributed by atoms with E-state index in [-0.39, 0.29) is 30.2 Å².